The molecule has 0 aromatic heterocycles. The van der Waals surface area contributed by atoms with Crippen molar-refractivity contribution in [1.82, 2.24) is 15.1 Å². The number of carbonyl (C=O) groups excluding carboxylic acids is 6. The molecule has 2 saturated heterocycles. The number of nitrogens with two attached hydrogens (primary N) is 1. The molecule has 3 aliphatic carbocycles. The molecule has 2 heterocycles. The molecule has 10 nitrogen and oxygen atoms in total. The van der Waals surface area contributed by atoms with Gasteiger partial charge in [-0.3, -0.25) is 28.8 Å². The fourth-order valence-electron chi connectivity index (χ4n) is 10.9. The van der Waals surface area contributed by atoms with Crippen molar-refractivity contribution in [3.63, 3.8) is 0 Å². The zero-order valence-electron chi connectivity index (χ0n) is 33.9. The number of likely N-dealkylation sites (tertiary alicyclic amines) is 1. The second-order valence-electron chi connectivity index (χ2n) is 20.8. The Bertz CT molecular complexity index is 1460. The number of hydrogen-bond donors (Lipinski definition) is 2. The number of carbonyl (C=O) groups is 6. The first-order valence-corrected chi connectivity index (χ1v) is 20.1. The molecule has 1 unspecified atom stereocenters. The van der Waals surface area contributed by atoms with Crippen LogP contribution in [0.15, 0.2) is 0 Å². The van der Waals surface area contributed by atoms with Crippen LogP contribution in [0.4, 0.5) is 0 Å². The highest BCUT2D eigenvalue weighted by molar-refractivity contribution is 6.36. The lowest BCUT2D eigenvalue weighted by Gasteiger charge is -2.42. The molecule has 5 aliphatic rings. The zero-order chi connectivity index (χ0) is 38.8. The average Bonchev–Trinajstić information content (AvgIpc) is 3.20. The van der Waals surface area contributed by atoms with E-state index in [0.717, 1.165) is 38.5 Å². The molecular weight excluding hydrogens is 656 g/mol. The quantitative estimate of drug-likeness (QED) is 0.239. The van der Waals surface area contributed by atoms with E-state index in [1.807, 2.05) is 46.4 Å². The molecule has 5 rings (SSSR count). The van der Waals surface area contributed by atoms with Crippen molar-refractivity contribution in [2.24, 2.45) is 56.5 Å². The van der Waals surface area contributed by atoms with Crippen LogP contribution in [-0.2, 0) is 28.8 Å². The smallest absolute Gasteiger partial charge is 0.285 e. The highest BCUT2D eigenvalue weighted by Gasteiger charge is 2.85. The third-order valence-electron chi connectivity index (χ3n) is 14.8. The van der Waals surface area contributed by atoms with Gasteiger partial charge in [-0.2, -0.15) is 0 Å². The number of nitrogens with one attached hydrogen (secondary N) is 1. The van der Waals surface area contributed by atoms with E-state index in [-0.39, 0.29) is 64.4 Å². The van der Waals surface area contributed by atoms with Crippen molar-refractivity contribution in [2.45, 2.75) is 151 Å². The van der Waals surface area contributed by atoms with Gasteiger partial charge in [0, 0.05) is 74.1 Å². The Morgan fingerprint density at radius 2 is 1.37 bits per heavy atom. The Labute approximate surface area is 312 Å². The monoisotopic (exact) mass is 725 g/mol. The molecule has 2 aliphatic heterocycles. The van der Waals surface area contributed by atoms with Crippen LogP contribution in [0.2, 0.25) is 0 Å². The highest BCUT2D eigenvalue weighted by atomic mass is 16.2. The van der Waals surface area contributed by atoms with Gasteiger partial charge >= 0.3 is 0 Å². The van der Waals surface area contributed by atoms with Crippen LogP contribution < -0.4 is 11.1 Å². The van der Waals surface area contributed by atoms with E-state index in [0.29, 0.717) is 44.9 Å². The van der Waals surface area contributed by atoms with Gasteiger partial charge in [0.1, 0.15) is 5.78 Å². The average molecular weight is 725 g/mol. The molecule has 2 spiro atoms. The van der Waals surface area contributed by atoms with E-state index in [9.17, 15) is 28.8 Å². The summed E-state index contributed by atoms with van der Waals surface area (Å²) in [6, 6.07) is -0.726. The van der Waals surface area contributed by atoms with Gasteiger partial charge in [-0.25, -0.2) is 0 Å². The molecule has 0 bridgehead atoms. The minimum absolute atomic E-state index is 0.0152. The van der Waals surface area contributed by atoms with Gasteiger partial charge in [0.25, 0.3) is 5.91 Å². The lowest BCUT2D eigenvalue weighted by Crippen LogP contribution is -2.60. The first-order chi connectivity index (χ1) is 23.9. The van der Waals surface area contributed by atoms with E-state index in [1.165, 1.54) is 0 Å². The third-order valence-corrected chi connectivity index (χ3v) is 14.8. The van der Waals surface area contributed by atoms with E-state index < -0.39 is 46.3 Å². The normalized spacial score (nSPS) is 28.1. The fraction of sp³-hybridized carbons (Fsp3) is 0.857. The summed E-state index contributed by atoms with van der Waals surface area (Å²) in [4.78, 5) is 86.3. The molecule has 292 valence electrons. The minimum atomic E-state index is -1.01. The SMILES string of the molecule is CC1(C)CN(C(=O)[C@@H](CC(=O)C[C@H](C(=O)N2C[C@]3(C[C@H]2C(=O)CC(CC2CCC2)C(=O)C(N)=O)C(C)(C)C32CCC2)C(C)(C)C)C(C)(C)C)CCN1. The maximum Gasteiger partial charge on any atom is 0.285 e. The van der Waals surface area contributed by atoms with Gasteiger partial charge in [-0.05, 0) is 67.1 Å². The van der Waals surface area contributed by atoms with Crippen LogP contribution in [-0.4, -0.2) is 82.6 Å². The topological polar surface area (TPSA) is 147 Å². The van der Waals surface area contributed by atoms with Gasteiger partial charge in [0.2, 0.25) is 17.6 Å². The summed E-state index contributed by atoms with van der Waals surface area (Å²) >= 11 is 0. The molecule has 0 aromatic carbocycles. The molecule has 5 atom stereocenters. The van der Waals surface area contributed by atoms with Crippen molar-refractivity contribution in [3.05, 3.63) is 0 Å². The maximum atomic E-state index is 15.0. The van der Waals surface area contributed by atoms with Crippen molar-refractivity contribution in [3.8, 4) is 0 Å². The van der Waals surface area contributed by atoms with E-state index in [2.05, 4.69) is 33.0 Å². The summed E-state index contributed by atoms with van der Waals surface area (Å²) in [5.74, 6) is -3.94. The van der Waals surface area contributed by atoms with Gasteiger partial charge in [0.05, 0.1) is 6.04 Å². The van der Waals surface area contributed by atoms with Crippen LogP contribution in [0.25, 0.3) is 0 Å². The molecule has 52 heavy (non-hydrogen) atoms. The molecule has 3 saturated carbocycles. The number of hydrogen-bond acceptors (Lipinski definition) is 7. The van der Waals surface area contributed by atoms with Crippen molar-refractivity contribution < 1.29 is 28.8 Å². The predicted octanol–water partition coefficient (Wildman–Crippen LogP) is 5.49. The summed E-state index contributed by atoms with van der Waals surface area (Å²) in [5, 5.41) is 3.45. The minimum Gasteiger partial charge on any atom is -0.363 e. The van der Waals surface area contributed by atoms with E-state index in [4.69, 9.17) is 5.73 Å². The Morgan fingerprint density at radius 1 is 0.788 bits per heavy atom. The van der Waals surface area contributed by atoms with Crippen molar-refractivity contribution in [2.75, 3.05) is 26.2 Å². The number of nitrogens with zero attached hydrogens (tertiary/aromatic N) is 2. The Kier molecular flexibility index (Phi) is 10.8. The fourth-order valence-corrected chi connectivity index (χ4v) is 10.9. The number of fused-ring (bicyclic) bond motifs is 1. The van der Waals surface area contributed by atoms with E-state index >= 15 is 0 Å². The Balaban J connectivity index is 1.39. The number of rotatable bonds is 13. The van der Waals surface area contributed by atoms with Gasteiger partial charge in [-0.15, -0.1) is 0 Å². The second kappa shape index (κ2) is 13.9. The number of amides is 3. The standard InChI is InChI=1S/C42H68N4O6/c1-37(2,3)29(35(51)45-18-17-44-39(7,8)24-45)21-28(47)22-30(38(4,5)6)36(52)46-25-42(40(9,10)41(42)15-12-16-41)23-31(46)32(48)20-27(33(49)34(43)50)19-26-13-11-14-26/h26-27,29-31,44H,11-25H2,1-10H3,(H2,43,50)/t27?,29-,30-,31+,42-/m1/s1. The maximum absolute atomic E-state index is 15.0. The van der Waals surface area contributed by atoms with Gasteiger partial charge in [0.15, 0.2) is 5.78 Å². The highest BCUT2D eigenvalue weighted by Crippen LogP contribution is 2.88. The molecule has 0 aromatic rings. The molecular formula is C42H68N4O6. The van der Waals surface area contributed by atoms with Gasteiger partial charge in [-0.1, -0.05) is 81.1 Å². The Morgan fingerprint density at radius 3 is 1.81 bits per heavy atom. The molecule has 5 fully saturated rings. The third kappa shape index (κ3) is 7.27. The first-order valence-electron chi connectivity index (χ1n) is 20.1. The summed E-state index contributed by atoms with van der Waals surface area (Å²) < 4.78 is 0. The largest absolute Gasteiger partial charge is 0.363 e. The van der Waals surface area contributed by atoms with Crippen LogP contribution in [0.3, 0.4) is 0 Å². The molecule has 3 N–H and O–H groups in total. The summed E-state index contributed by atoms with van der Waals surface area (Å²) in [6.45, 7) is 22.9. The van der Waals surface area contributed by atoms with Gasteiger partial charge < -0.3 is 20.9 Å². The van der Waals surface area contributed by atoms with Crippen LogP contribution in [0, 0.1) is 50.7 Å². The second-order valence-corrected chi connectivity index (χ2v) is 20.8. The van der Waals surface area contributed by atoms with E-state index in [1.54, 1.807) is 4.90 Å². The van der Waals surface area contributed by atoms with Crippen LogP contribution in [0.5, 0.6) is 0 Å². The van der Waals surface area contributed by atoms with Crippen molar-refractivity contribution >= 4 is 35.1 Å². The first kappa shape index (κ1) is 40.6. The zero-order valence-corrected chi connectivity index (χ0v) is 33.9. The lowest BCUT2D eigenvalue weighted by molar-refractivity contribution is -0.148. The van der Waals surface area contributed by atoms with Crippen molar-refractivity contribution in [1.29, 1.82) is 0 Å². The summed E-state index contributed by atoms with van der Waals surface area (Å²) in [6.07, 6.45) is 7.23. The molecule has 0 radical (unpaired) electrons. The summed E-state index contributed by atoms with van der Waals surface area (Å²) in [7, 11) is 0. The number of ketones is 3. The summed E-state index contributed by atoms with van der Waals surface area (Å²) in [5.41, 5.74) is 4.01. The van der Waals surface area contributed by atoms with Crippen LogP contribution >= 0.6 is 0 Å². The Hall–Kier alpha value is -2.62. The number of primary amides is 1. The number of Topliss-reactive ketones (excluding diaryl/α,β-unsaturated/α-hetero) is 3. The lowest BCUT2D eigenvalue weighted by atomic mass is 9.73. The predicted molar refractivity (Wildman–Crippen MR) is 201 cm³/mol. The number of piperazine rings is 1. The molecule has 10 heteroatoms. The van der Waals surface area contributed by atoms with Crippen LogP contribution in [0.1, 0.15) is 140 Å². The molecule has 3 amide bonds.